The molecule has 5 heteroatoms. The van der Waals surface area contributed by atoms with Crippen molar-refractivity contribution in [3.05, 3.63) is 69.7 Å². The van der Waals surface area contributed by atoms with Crippen molar-refractivity contribution in [2.75, 3.05) is 13.2 Å². The number of benzene rings is 2. The number of esters is 1. The Balaban J connectivity index is 2.40. The van der Waals surface area contributed by atoms with E-state index in [0.717, 1.165) is 23.3 Å². The second kappa shape index (κ2) is 9.50. The molecule has 0 bridgehead atoms. The summed E-state index contributed by atoms with van der Waals surface area (Å²) in [5.41, 5.74) is 2.35. The zero-order chi connectivity index (χ0) is 18.2. The molecule has 3 nitrogen and oxygen atoms in total. The first-order chi connectivity index (χ1) is 12.0. The maximum absolute atomic E-state index is 12.0. The minimum Gasteiger partial charge on any atom is -0.494 e. The molecule has 0 spiro atoms. The maximum atomic E-state index is 12.0. The van der Waals surface area contributed by atoms with Crippen molar-refractivity contribution in [1.29, 1.82) is 0 Å². The minimum atomic E-state index is -0.408. The van der Waals surface area contributed by atoms with Crippen LogP contribution in [0.2, 0.25) is 10.0 Å². The van der Waals surface area contributed by atoms with Crippen LogP contribution < -0.4 is 4.74 Å². The molecule has 0 radical (unpaired) electrons. The van der Waals surface area contributed by atoms with E-state index in [1.807, 2.05) is 30.3 Å². The SMILES string of the molecule is CCCOc1ccc(/C(=C/C(=O)OCC)c2ccc(Cl)c(Cl)c2)cc1. The fourth-order valence-corrected chi connectivity index (χ4v) is 2.55. The summed E-state index contributed by atoms with van der Waals surface area (Å²) in [6.07, 6.45) is 2.41. The van der Waals surface area contributed by atoms with E-state index in [1.54, 1.807) is 19.1 Å². The van der Waals surface area contributed by atoms with E-state index < -0.39 is 5.97 Å². The number of ether oxygens (including phenoxy) is 2. The molecule has 2 aromatic rings. The first kappa shape index (κ1) is 19.4. The summed E-state index contributed by atoms with van der Waals surface area (Å²) in [4.78, 5) is 12.0. The van der Waals surface area contributed by atoms with Crippen LogP contribution in [0.5, 0.6) is 5.75 Å². The van der Waals surface area contributed by atoms with E-state index in [0.29, 0.717) is 28.8 Å². The summed E-state index contributed by atoms with van der Waals surface area (Å²) in [5.74, 6) is 0.380. The number of carbonyl (C=O) groups excluding carboxylic acids is 1. The average molecular weight is 379 g/mol. The lowest BCUT2D eigenvalue weighted by molar-refractivity contribution is -0.137. The van der Waals surface area contributed by atoms with Gasteiger partial charge < -0.3 is 9.47 Å². The van der Waals surface area contributed by atoms with Gasteiger partial charge in [-0.3, -0.25) is 0 Å². The van der Waals surface area contributed by atoms with E-state index in [2.05, 4.69) is 6.92 Å². The first-order valence-electron chi connectivity index (χ1n) is 8.12. The highest BCUT2D eigenvalue weighted by molar-refractivity contribution is 6.42. The quantitative estimate of drug-likeness (QED) is 0.452. The van der Waals surface area contributed by atoms with E-state index in [1.165, 1.54) is 6.08 Å². The van der Waals surface area contributed by atoms with Crippen molar-refractivity contribution in [1.82, 2.24) is 0 Å². The maximum Gasteiger partial charge on any atom is 0.331 e. The Bertz CT molecular complexity index is 752. The molecule has 132 valence electrons. The summed E-state index contributed by atoms with van der Waals surface area (Å²) in [6.45, 7) is 4.80. The molecule has 25 heavy (non-hydrogen) atoms. The van der Waals surface area contributed by atoms with Crippen LogP contribution in [-0.4, -0.2) is 19.2 Å². The summed E-state index contributed by atoms with van der Waals surface area (Å²) in [7, 11) is 0. The van der Waals surface area contributed by atoms with Crippen LogP contribution in [0.3, 0.4) is 0 Å². The molecule has 0 fully saturated rings. The highest BCUT2D eigenvalue weighted by Gasteiger charge is 2.11. The third-order valence-electron chi connectivity index (χ3n) is 3.42. The van der Waals surface area contributed by atoms with Gasteiger partial charge in [-0.05, 0) is 54.3 Å². The summed E-state index contributed by atoms with van der Waals surface area (Å²) in [6, 6.07) is 12.8. The lowest BCUT2D eigenvalue weighted by Crippen LogP contribution is -2.02. The Morgan fingerprint density at radius 1 is 1.00 bits per heavy atom. The van der Waals surface area contributed by atoms with Crippen molar-refractivity contribution in [3.63, 3.8) is 0 Å². The van der Waals surface area contributed by atoms with Gasteiger partial charge in [-0.25, -0.2) is 4.79 Å². The van der Waals surface area contributed by atoms with Crippen LogP contribution in [0.25, 0.3) is 5.57 Å². The van der Waals surface area contributed by atoms with Crippen LogP contribution in [0.15, 0.2) is 48.5 Å². The molecule has 0 unspecified atom stereocenters. The zero-order valence-corrected chi connectivity index (χ0v) is 15.7. The monoisotopic (exact) mass is 378 g/mol. The second-order valence-corrected chi connectivity index (χ2v) is 6.13. The van der Waals surface area contributed by atoms with Crippen LogP contribution in [0.1, 0.15) is 31.4 Å². The molecule has 0 saturated carbocycles. The molecule has 0 saturated heterocycles. The van der Waals surface area contributed by atoms with Gasteiger partial charge in [0.25, 0.3) is 0 Å². The van der Waals surface area contributed by atoms with Crippen molar-refractivity contribution >= 4 is 34.7 Å². The number of halogens is 2. The molecule has 0 aromatic heterocycles. The van der Waals surface area contributed by atoms with E-state index in [4.69, 9.17) is 32.7 Å². The topological polar surface area (TPSA) is 35.5 Å². The Kier molecular flexibility index (Phi) is 7.35. The lowest BCUT2D eigenvalue weighted by atomic mass is 9.97. The molecule has 2 aromatic carbocycles. The van der Waals surface area contributed by atoms with Gasteiger partial charge >= 0.3 is 5.97 Å². The summed E-state index contributed by atoms with van der Waals surface area (Å²) in [5, 5.41) is 0.890. The van der Waals surface area contributed by atoms with Gasteiger partial charge in [0.2, 0.25) is 0 Å². The third kappa shape index (κ3) is 5.52. The fraction of sp³-hybridized carbons (Fsp3) is 0.250. The van der Waals surface area contributed by atoms with Gasteiger partial charge in [-0.15, -0.1) is 0 Å². The van der Waals surface area contributed by atoms with Gasteiger partial charge in [0, 0.05) is 6.08 Å². The summed E-state index contributed by atoms with van der Waals surface area (Å²) >= 11 is 12.1. The minimum absolute atomic E-state index is 0.313. The van der Waals surface area contributed by atoms with Gasteiger partial charge in [0.1, 0.15) is 5.75 Å². The third-order valence-corrected chi connectivity index (χ3v) is 4.16. The average Bonchev–Trinajstić information content (AvgIpc) is 2.61. The Morgan fingerprint density at radius 3 is 2.28 bits per heavy atom. The zero-order valence-electron chi connectivity index (χ0n) is 14.2. The Labute approximate surface area is 158 Å². The molecule has 0 aliphatic heterocycles. The number of rotatable bonds is 7. The van der Waals surface area contributed by atoms with Crippen LogP contribution >= 0.6 is 23.2 Å². The molecule has 0 aliphatic carbocycles. The predicted molar refractivity (Wildman–Crippen MR) is 102 cm³/mol. The molecule has 0 N–H and O–H groups in total. The normalized spacial score (nSPS) is 11.3. The van der Waals surface area contributed by atoms with E-state index >= 15 is 0 Å². The van der Waals surface area contributed by atoms with Crippen molar-refractivity contribution < 1.29 is 14.3 Å². The van der Waals surface area contributed by atoms with E-state index in [9.17, 15) is 4.79 Å². The molecule has 2 rings (SSSR count). The number of carbonyl (C=O) groups is 1. The largest absolute Gasteiger partial charge is 0.494 e. The van der Waals surface area contributed by atoms with Gasteiger partial charge in [-0.2, -0.15) is 0 Å². The van der Waals surface area contributed by atoms with Crippen molar-refractivity contribution in [2.45, 2.75) is 20.3 Å². The second-order valence-electron chi connectivity index (χ2n) is 5.31. The van der Waals surface area contributed by atoms with Gasteiger partial charge in [-0.1, -0.05) is 48.3 Å². The van der Waals surface area contributed by atoms with Crippen molar-refractivity contribution in [3.8, 4) is 5.75 Å². The fourth-order valence-electron chi connectivity index (χ4n) is 2.25. The lowest BCUT2D eigenvalue weighted by Gasteiger charge is -2.11. The molecular formula is C20H20Cl2O3. The van der Waals surface area contributed by atoms with Crippen LogP contribution in [0, 0.1) is 0 Å². The Morgan fingerprint density at radius 2 is 1.68 bits per heavy atom. The molecular weight excluding hydrogens is 359 g/mol. The molecule has 0 heterocycles. The molecule has 0 aliphatic rings. The van der Waals surface area contributed by atoms with Crippen molar-refractivity contribution in [2.24, 2.45) is 0 Å². The summed E-state index contributed by atoms with van der Waals surface area (Å²) < 4.78 is 10.6. The number of hydrogen-bond donors (Lipinski definition) is 0. The molecule has 0 atom stereocenters. The van der Waals surface area contributed by atoms with E-state index in [-0.39, 0.29) is 0 Å². The molecule has 0 amide bonds. The van der Waals surface area contributed by atoms with Gasteiger partial charge in [0.05, 0.1) is 23.3 Å². The highest BCUT2D eigenvalue weighted by Crippen LogP contribution is 2.30. The van der Waals surface area contributed by atoms with Gasteiger partial charge in [0.15, 0.2) is 0 Å². The number of hydrogen-bond acceptors (Lipinski definition) is 3. The van der Waals surface area contributed by atoms with Crippen LogP contribution in [-0.2, 0) is 9.53 Å². The first-order valence-corrected chi connectivity index (χ1v) is 8.87. The highest BCUT2D eigenvalue weighted by atomic mass is 35.5. The predicted octanol–water partition coefficient (Wildman–Crippen LogP) is 5.78. The van der Waals surface area contributed by atoms with Crippen LogP contribution in [0.4, 0.5) is 0 Å². The standard InChI is InChI=1S/C20H20Cl2O3/c1-3-11-25-16-8-5-14(6-9-16)17(13-20(23)24-4-2)15-7-10-18(21)19(22)12-15/h5-10,12-13H,3-4,11H2,1-2H3/b17-13-. The smallest absolute Gasteiger partial charge is 0.331 e. The Hall–Kier alpha value is -1.97.